The van der Waals surface area contributed by atoms with Crippen LogP contribution in [0.3, 0.4) is 0 Å². The highest BCUT2D eigenvalue weighted by Crippen LogP contribution is 2.39. The number of aromatic nitrogens is 1. The summed E-state index contributed by atoms with van der Waals surface area (Å²) in [4.78, 5) is 18.3. The summed E-state index contributed by atoms with van der Waals surface area (Å²) in [6, 6.07) is 2.19. The molecule has 150 valence electrons. The van der Waals surface area contributed by atoms with Gasteiger partial charge in [-0.1, -0.05) is 6.07 Å². The van der Waals surface area contributed by atoms with Crippen LogP contribution in [0.15, 0.2) is 28.9 Å². The van der Waals surface area contributed by atoms with Crippen molar-refractivity contribution in [2.24, 2.45) is 0 Å². The number of hydrogen-bond acceptors (Lipinski definition) is 5. The van der Waals surface area contributed by atoms with E-state index in [2.05, 4.69) is 14.6 Å². The molecule has 0 amide bonds. The second kappa shape index (κ2) is 7.79. The quantitative estimate of drug-likeness (QED) is 0.412. The van der Waals surface area contributed by atoms with Gasteiger partial charge in [0.05, 0.1) is 25.8 Å². The molecule has 0 saturated heterocycles. The second-order valence-corrected chi connectivity index (χ2v) is 5.40. The largest absolute Gasteiger partial charge is 0.464 e. The fourth-order valence-electron chi connectivity index (χ4n) is 2.25. The number of esters is 1. The summed E-state index contributed by atoms with van der Waals surface area (Å²) in [5, 5.41) is 0. The zero-order chi connectivity index (χ0) is 21.1. The Kier molecular flexibility index (Phi) is 5.86. The predicted octanol–water partition coefficient (Wildman–Crippen LogP) is 4.60. The average Bonchev–Trinajstić information content (AvgIpc) is 3.06. The van der Waals surface area contributed by atoms with Crippen molar-refractivity contribution in [1.82, 2.24) is 4.98 Å². The molecule has 0 atom stereocenters. The van der Waals surface area contributed by atoms with Gasteiger partial charge in [-0.25, -0.2) is 14.6 Å². The molecule has 1 heterocycles. The van der Waals surface area contributed by atoms with Gasteiger partial charge in [0.15, 0.2) is 11.4 Å². The third-order valence-electron chi connectivity index (χ3n) is 3.41. The van der Waals surface area contributed by atoms with E-state index in [1.54, 1.807) is 0 Å². The Bertz CT molecular complexity index is 898. The fourth-order valence-corrected chi connectivity index (χ4v) is 2.25. The van der Waals surface area contributed by atoms with Gasteiger partial charge >= 0.3 is 18.3 Å². The summed E-state index contributed by atoms with van der Waals surface area (Å²) in [6.45, 7) is 4.50. The SMILES string of the molecule is [C-]#[N+]c1ccc(N(Cc2nc(C(=O)OC)co2)CC(F)(F)F)cc1C(F)(F)F. The first-order chi connectivity index (χ1) is 12.9. The van der Waals surface area contributed by atoms with E-state index in [-0.39, 0.29) is 11.6 Å². The van der Waals surface area contributed by atoms with Crippen molar-refractivity contribution in [2.75, 3.05) is 18.6 Å². The molecular formula is C16H11F6N3O3. The lowest BCUT2D eigenvalue weighted by atomic mass is 10.1. The summed E-state index contributed by atoms with van der Waals surface area (Å²) in [7, 11) is 1.06. The number of ether oxygens (including phenoxy) is 1. The number of anilines is 1. The van der Waals surface area contributed by atoms with Crippen molar-refractivity contribution in [3.8, 4) is 0 Å². The zero-order valence-corrected chi connectivity index (χ0v) is 14.1. The number of benzene rings is 1. The third-order valence-corrected chi connectivity index (χ3v) is 3.41. The number of rotatable bonds is 5. The van der Waals surface area contributed by atoms with E-state index < -0.39 is 48.3 Å². The molecule has 0 radical (unpaired) electrons. The Balaban J connectivity index is 2.42. The van der Waals surface area contributed by atoms with Crippen LogP contribution in [-0.2, 0) is 17.5 Å². The Morgan fingerprint density at radius 1 is 1.29 bits per heavy atom. The number of carbonyl (C=O) groups excluding carboxylic acids is 1. The molecule has 0 aliphatic rings. The van der Waals surface area contributed by atoms with Gasteiger partial charge in [-0.2, -0.15) is 26.3 Å². The maximum atomic E-state index is 13.1. The van der Waals surface area contributed by atoms with Gasteiger partial charge in [0.1, 0.15) is 12.8 Å². The van der Waals surface area contributed by atoms with Crippen LogP contribution < -0.4 is 4.90 Å². The van der Waals surface area contributed by atoms with Crippen molar-refractivity contribution in [1.29, 1.82) is 0 Å². The summed E-state index contributed by atoms with van der Waals surface area (Å²) in [5.74, 6) is -1.23. The lowest BCUT2D eigenvalue weighted by Crippen LogP contribution is -2.34. The minimum absolute atomic E-state index is 0.302. The van der Waals surface area contributed by atoms with Crippen LogP contribution in [0.5, 0.6) is 0 Å². The maximum absolute atomic E-state index is 13.1. The molecule has 12 heteroatoms. The van der Waals surface area contributed by atoms with Crippen LogP contribution >= 0.6 is 0 Å². The van der Waals surface area contributed by atoms with Crippen LogP contribution in [0.2, 0.25) is 0 Å². The van der Waals surface area contributed by atoms with Crippen molar-refractivity contribution in [3.63, 3.8) is 0 Å². The zero-order valence-electron chi connectivity index (χ0n) is 14.1. The van der Waals surface area contributed by atoms with Gasteiger partial charge < -0.3 is 14.1 Å². The van der Waals surface area contributed by atoms with Gasteiger partial charge in [0, 0.05) is 5.69 Å². The Morgan fingerprint density at radius 2 is 1.96 bits per heavy atom. The molecule has 0 spiro atoms. The minimum Gasteiger partial charge on any atom is -0.464 e. The predicted molar refractivity (Wildman–Crippen MR) is 82.7 cm³/mol. The van der Waals surface area contributed by atoms with Crippen LogP contribution in [0.1, 0.15) is 21.9 Å². The molecule has 0 N–H and O–H groups in total. The number of nitrogens with zero attached hydrogens (tertiary/aromatic N) is 3. The van der Waals surface area contributed by atoms with Gasteiger partial charge in [0.25, 0.3) is 0 Å². The standard InChI is InChI=1S/C16H11F6N3O3/c1-23-11-4-3-9(5-10(11)16(20,21)22)25(8-15(17,18)19)6-13-24-12(7-28-13)14(26)27-2/h3-5,7H,6,8H2,2H3. The normalized spacial score (nSPS) is 11.8. The van der Waals surface area contributed by atoms with E-state index in [1.165, 1.54) is 0 Å². The van der Waals surface area contributed by atoms with E-state index in [9.17, 15) is 31.1 Å². The smallest absolute Gasteiger partial charge is 0.407 e. The second-order valence-electron chi connectivity index (χ2n) is 5.40. The summed E-state index contributed by atoms with van der Waals surface area (Å²) in [6.07, 6.45) is -8.83. The van der Waals surface area contributed by atoms with Gasteiger partial charge in [-0.05, 0) is 12.1 Å². The fraction of sp³-hybridized carbons (Fsp3) is 0.312. The van der Waals surface area contributed by atoms with E-state index in [4.69, 9.17) is 11.0 Å². The molecule has 0 fully saturated rings. The molecule has 1 aromatic carbocycles. The molecule has 2 rings (SSSR count). The number of hydrogen-bond donors (Lipinski definition) is 0. The number of oxazole rings is 1. The molecule has 28 heavy (non-hydrogen) atoms. The Morgan fingerprint density at radius 3 is 2.50 bits per heavy atom. The van der Waals surface area contributed by atoms with E-state index in [0.717, 1.165) is 25.5 Å². The topological polar surface area (TPSA) is 59.9 Å². The van der Waals surface area contributed by atoms with Crippen LogP contribution in [0.4, 0.5) is 37.7 Å². The highest BCUT2D eigenvalue weighted by molar-refractivity contribution is 5.86. The van der Waals surface area contributed by atoms with Crippen molar-refractivity contribution >= 4 is 17.3 Å². The van der Waals surface area contributed by atoms with E-state index in [0.29, 0.717) is 11.0 Å². The monoisotopic (exact) mass is 407 g/mol. The first-order valence-corrected chi connectivity index (χ1v) is 7.37. The number of alkyl halides is 6. The lowest BCUT2D eigenvalue weighted by molar-refractivity contribution is -0.136. The maximum Gasteiger partial charge on any atom is 0.407 e. The number of carbonyl (C=O) groups is 1. The molecule has 6 nitrogen and oxygen atoms in total. The van der Waals surface area contributed by atoms with Crippen molar-refractivity contribution in [2.45, 2.75) is 18.9 Å². The molecule has 0 unspecified atom stereocenters. The van der Waals surface area contributed by atoms with Crippen LogP contribution in [-0.4, -0.2) is 30.8 Å². The van der Waals surface area contributed by atoms with Crippen molar-refractivity contribution < 1.29 is 40.3 Å². The van der Waals surface area contributed by atoms with Gasteiger partial charge in [0.2, 0.25) is 5.89 Å². The summed E-state index contributed by atoms with van der Waals surface area (Å²) < 4.78 is 87.4. The van der Waals surface area contributed by atoms with E-state index in [1.807, 2.05) is 0 Å². The first-order valence-electron chi connectivity index (χ1n) is 7.37. The Labute approximate surface area is 154 Å². The van der Waals surface area contributed by atoms with Gasteiger partial charge in [-0.15, -0.1) is 0 Å². The number of halogens is 6. The highest BCUT2D eigenvalue weighted by Gasteiger charge is 2.36. The number of methoxy groups -OCH3 is 1. The molecule has 0 aliphatic heterocycles. The molecule has 0 saturated carbocycles. The minimum atomic E-state index is -4.93. The lowest BCUT2D eigenvalue weighted by Gasteiger charge is -2.25. The summed E-state index contributed by atoms with van der Waals surface area (Å²) in [5.41, 5.74) is -2.86. The third kappa shape index (κ3) is 5.15. The van der Waals surface area contributed by atoms with Gasteiger partial charge in [-0.3, -0.25) is 0 Å². The molecule has 0 bridgehead atoms. The van der Waals surface area contributed by atoms with Crippen molar-refractivity contribution in [3.05, 3.63) is 53.0 Å². The molecule has 1 aromatic heterocycles. The van der Waals surface area contributed by atoms with E-state index >= 15 is 0 Å². The molecule has 0 aliphatic carbocycles. The van der Waals surface area contributed by atoms with Crippen LogP contribution in [0.25, 0.3) is 4.85 Å². The average molecular weight is 407 g/mol. The Hall–Kier alpha value is -3.23. The molecular weight excluding hydrogens is 396 g/mol. The first kappa shape index (κ1) is 21.1. The highest BCUT2D eigenvalue weighted by atomic mass is 19.4. The molecule has 2 aromatic rings. The van der Waals surface area contributed by atoms with Crippen LogP contribution in [0, 0.1) is 6.57 Å². The summed E-state index contributed by atoms with van der Waals surface area (Å²) >= 11 is 0.